The van der Waals surface area contributed by atoms with Gasteiger partial charge in [0.15, 0.2) is 0 Å². The minimum Gasteiger partial charge on any atom is -0.406 e. The second-order valence-corrected chi connectivity index (χ2v) is 4.88. The molecule has 0 spiro atoms. The topological polar surface area (TPSA) is 49.9 Å². The Morgan fingerprint density at radius 3 is 2.48 bits per heavy atom. The summed E-state index contributed by atoms with van der Waals surface area (Å²) < 4.78 is 40.2. The van der Waals surface area contributed by atoms with E-state index in [9.17, 15) is 13.2 Å². The summed E-state index contributed by atoms with van der Waals surface area (Å²) in [4.78, 5) is 0. The van der Waals surface area contributed by atoms with Crippen LogP contribution >= 0.6 is 0 Å². The molecule has 0 saturated carbocycles. The molecule has 1 heterocycles. The van der Waals surface area contributed by atoms with Gasteiger partial charge in [0, 0.05) is 23.7 Å². The zero-order chi connectivity index (χ0) is 15.5. The van der Waals surface area contributed by atoms with E-state index < -0.39 is 6.36 Å². The maximum absolute atomic E-state index is 12.1. The number of nitrogens with one attached hydrogen (secondary N) is 2. The fourth-order valence-electron chi connectivity index (χ4n) is 1.83. The van der Waals surface area contributed by atoms with E-state index >= 15 is 0 Å². The molecule has 0 aliphatic carbocycles. The molecule has 0 unspecified atom stereocenters. The maximum Gasteiger partial charge on any atom is 0.573 e. The van der Waals surface area contributed by atoms with Crippen molar-refractivity contribution in [2.75, 3.05) is 0 Å². The van der Waals surface area contributed by atoms with Crippen LogP contribution in [0.3, 0.4) is 0 Å². The molecule has 2 N–H and O–H groups in total. The number of aromatic amines is 1. The molecule has 21 heavy (non-hydrogen) atoms. The minimum absolute atomic E-state index is 0.243. The molecule has 0 amide bonds. The van der Waals surface area contributed by atoms with Gasteiger partial charge in [-0.2, -0.15) is 5.10 Å². The van der Waals surface area contributed by atoms with Crippen molar-refractivity contribution in [1.29, 1.82) is 0 Å². The Kier molecular flexibility index (Phi) is 4.52. The first kappa shape index (κ1) is 15.4. The number of benzene rings is 1. The van der Waals surface area contributed by atoms with Crippen molar-refractivity contribution in [2.45, 2.75) is 32.8 Å². The van der Waals surface area contributed by atoms with E-state index in [4.69, 9.17) is 0 Å². The summed E-state index contributed by atoms with van der Waals surface area (Å²) in [5.41, 5.74) is 2.48. The second kappa shape index (κ2) is 6.17. The van der Waals surface area contributed by atoms with Gasteiger partial charge in [0.05, 0.1) is 11.9 Å². The molecule has 0 aliphatic heterocycles. The largest absolute Gasteiger partial charge is 0.573 e. The number of hydrogen-bond acceptors (Lipinski definition) is 3. The van der Waals surface area contributed by atoms with Crippen LogP contribution in [0.4, 0.5) is 13.2 Å². The Balaban J connectivity index is 2.14. The van der Waals surface area contributed by atoms with Crippen LogP contribution in [0.15, 0.2) is 30.5 Å². The van der Waals surface area contributed by atoms with Gasteiger partial charge in [-0.15, -0.1) is 13.2 Å². The highest BCUT2D eigenvalue weighted by molar-refractivity contribution is 5.63. The first-order chi connectivity index (χ1) is 9.85. The van der Waals surface area contributed by atoms with Gasteiger partial charge in [0.2, 0.25) is 0 Å². The van der Waals surface area contributed by atoms with Crippen LogP contribution in [0.25, 0.3) is 11.3 Å². The molecular formula is C14H16F3N3O. The summed E-state index contributed by atoms with van der Waals surface area (Å²) in [6.45, 7) is 4.69. The van der Waals surface area contributed by atoms with E-state index in [0.717, 1.165) is 16.8 Å². The number of halogens is 3. The van der Waals surface area contributed by atoms with Crippen molar-refractivity contribution in [3.63, 3.8) is 0 Å². The van der Waals surface area contributed by atoms with Crippen molar-refractivity contribution in [3.8, 4) is 17.0 Å². The molecule has 114 valence electrons. The summed E-state index contributed by atoms with van der Waals surface area (Å²) in [7, 11) is 0. The zero-order valence-electron chi connectivity index (χ0n) is 11.7. The van der Waals surface area contributed by atoms with Crippen molar-refractivity contribution >= 4 is 0 Å². The van der Waals surface area contributed by atoms with Gasteiger partial charge in [0.1, 0.15) is 5.75 Å². The van der Waals surface area contributed by atoms with Crippen LogP contribution in [0.1, 0.15) is 19.4 Å². The average molecular weight is 299 g/mol. The summed E-state index contributed by atoms with van der Waals surface area (Å²) in [5, 5.41) is 10.1. The standard InChI is InChI=1S/C14H16F3N3O/c1-9(2)18-7-11-8-19-20-13(11)10-3-5-12(6-4-10)21-14(15,16)17/h3-6,8-9,18H,7H2,1-2H3,(H,19,20). The van der Waals surface area contributed by atoms with Crippen LogP contribution in [0, 0.1) is 0 Å². The fourth-order valence-corrected chi connectivity index (χ4v) is 1.83. The predicted molar refractivity (Wildman–Crippen MR) is 72.7 cm³/mol. The summed E-state index contributed by atoms with van der Waals surface area (Å²) in [6, 6.07) is 6.02. The third-order valence-electron chi connectivity index (χ3n) is 2.80. The molecule has 1 aromatic heterocycles. The SMILES string of the molecule is CC(C)NCc1cn[nH]c1-c1ccc(OC(F)(F)F)cc1. The maximum atomic E-state index is 12.1. The Labute approximate surface area is 120 Å². The lowest BCUT2D eigenvalue weighted by molar-refractivity contribution is -0.274. The Morgan fingerprint density at radius 2 is 1.90 bits per heavy atom. The smallest absolute Gasteiger partial charge is 0.406 e. The second-order valence-electron chi connectivity index (χ2n) is 4.88. The number of ether oxygens (including phenoxy) is 1. The van der Waals surface area contributed by atoms with Gasteiger partial charge < -0.3 is 10.1 Å². The van der Waals surface area contributed by atoms with E-state index in [1.807, 2.05) is 13.8 Å². The minimum atomic E-state index is -4.68. The molecular weight excluding hydrogens is 283 g/mol. The highest BCUT2D eigenvalue weighted by atomic mass is 19.4. The monoisotopic (exact) mass is 299 g/mol. The molecule has 2 rings (SSSR count). The third-order valence-corrected chi connectivity index (χ3v) is 2.80. The fraction of sp³-hybridized carbons (Fsp3) is 0.357. The van der Waals surface area contributed by atoms with Crippen LogP contribution in [-0.4, -0.2) is 22.6 Å². The van der Waals surface area contributed by atoms with E-state index in [1.165, 1.54) is 12.1 Å². The highest BCUT2D eigenvalue weighted by Gasteiger charge is 2.31. The van der Waals surface area contributed by atoms with Crippen LogP contribution in [0.2, 0.25) is 0 Å². The molecule has 0 radical (unpaired) electrons. The lowest BCUT2D eigenvalue weighted by Gasteiger charge is -2.10. The number of hydrogen-bond donors (Lipinski definition) is 2. The number of rotatable bonds is 5. The quantitative estimate of drug-likeness (QED) is 0.888. The first-order valence-corrected chi connectivity index (χ1v) is 6.47. The molecule has 0 aliphatic rings. The average Bonchev–Trinajstić information content (AvgIpc) is 2.83. The number of H-pyrrole nitrogens is 1. The summed E-state index contributed by atoms with van der Waals surface area (Å²) in [6.07, 6.45) is -2.98. The summed E-state index contributed by atoms with van der Waals surface area (Å²) >= 11 is 0. The lowest BCUT2D eigenvalue weighted by Crippen LogP contribution is -2.21. The van der Waals surface area contributed by atoms with Gasteiger partial charge in [0.25, 0.3) is 0 Å². The molecule has 4 nitrogen and oxygen atoms in total. The molecule has 1 aromatic carbocycles. The van der Waals surface area contributed by atoms with E-state index in [2.05, 4.69) is 20.3 Å². The first-order valence-electron chi connectivity index (χ1n) is 6.47. The van der Waals surface area contributed by atoms with Gasteiger partial charge >= 0.3 is 6.36 Å². The van der Waals surface area contributed by atoms with Crippen molar-refractivity contribution in [1.82, 2.24) is 15.5 Å². The van der Waals surface area contributed by atoms with Crippen molar-refractivity contribution in [2.24, 2.45) is 0 Å². The van der Waals surface area contributed by atoms with Gasteiger partial charge in [-0.25, -0.2) is 0 Å². The Morgan fingerprint density at radius 1 is 1.24 bits per heavy atom. The van der Waals surface area contributed by atoms with E-state index in [0.29, 0.717) is 12.6 Å². The summed E-state index contributed by atoms with van der Waals surface area (Å²) in [5.74, 6) is -0.243. The normalized spacial score (nSPS) is 11.9. The van der Waals surface area contributed by atoms with E-state index in [-0.39, 0.29) is 5.75 Å². The number of aromatic nitrogens is 2. The molecule has 7 heteroatoms. The van der Waals surface area contributed by atoms with Crippen LogP contribution in [0.5, 0.6) is 5.75 Å². The number of nitrogens with zero attached hydrogens (tertiary/aromatic N) is 1. The van der Waals surface area contributed by atoms with Gasteiger partial charge in [-0.3, -0.25) is 5.10 Å². The van der Waals surface area contributed by atoms with Crippen molar-refractivity contribution < 1.29 is 17.9 Å². The lowest BCUT2D eigenvalue weighted by atomic mass is 10.1. The zero-order valence-corrected chi connectivity index (χ0v) is 11.7. The van der Waals surface area contributed by atoms with Crippen molar-refractivity contribution in [3.05, 3.63) is 36.0 Å². The Bertz CT molecular complexity index is 576. The van der Waals surface area contributed by atoms with Gasteiger partial charge in [-0.1, -0.05) is 13.8 Å². The molecule has 0 atom stereocenters. The highest BCUT2D eigenvalue weighted by Crippen LogP contribution is 2.27. The van der Waals surface area contributed by atoms with Crippen LogP contribution < -0.4 is 10.1 Å². The molecule has 2 aromatic rings. The van der Waals surface area contributed by atoms with Gasteiger partial charge in [-0.05, 0) is 24.3 Å². The Hall–Kier alpha value is -2.02. The molecule has 0 fully saturated rings. The number of alkyl halides is 3. The molecule has 0 saturated heterocycles. The predicted octanol–water partition coefficient (Wildman–Crippen LogP) is 3.47. The van der Waals surface area contributed by atoms with E-state index in [1.54, 1.807) is 18.3 Å². The van der Waals surface area contributed by atoms with Crippen LogP contribution in [-0.2, 0) is 6.54 Å². The third kappa shape index (κ3) is 4.49. The molecule has 0 bridgehead atoms.